The van der Waals surface area contributed by atoms with Crippen LogP contribution >= 0.6 is 0 Å². The van der Waals surface area contributed by atoms with Gasteiger partial charge in [0.25, 0.3) is 0 Å². The van der Waals surface area contributed by atoms with Crippen LogP contribution in [0.25, 0.3) is 11.3 Å². The van der Waals surface area contributed by atoms with Gasteiger partial charge in [-0.2, -0.15) is 4.98 Å². The smallest absolute Gasteiger partial charge is 0.406 e. The number of nitrogens with zero attached hydrogens (tertiary/aromatic N) is 2. The van der Waals surface area contributed by atoms with Gasteiger partial charge in [-0.3, -0.25) is 0 Å². The second-order valence-corrected chi connectivity index (χ2v) is 8.19. The summed E-state index contributed by atoms with van der Waals surface area (Å²) >= 11 is 0. The van der Waals surface area contributed by atoms with Gasteiger partial charge in [-0.1, -0.05) is 43.5 Å². The fraction of sp³-hybridized carbons (Fsp3) is 0.333. The van der Waals surface area contributed by atoms with Gasteiger partial charge >= 0.3 is 12.7 Å². The molecule has 0 bridgehead atoms. The van der Waals surface area contributed by atoms with E-state index in [-0.39, 0.29) is 29.2 Å². The van der Waals surface area contributed by atoms with Crippen molar-refractivity contribution in [3.8, 4) is 22.8 Å². The molecular weight excluding hydrogens is 490 g/mol. The number of ether oxygens (including phenoxy) is 2. The minimum atomic E-state index is -4.90. The third-order valence-electron chi connectivity index (χ3n) is 5.40. The van der Waals surface area contributed by atoms with E-state index < -0.39 is 24.2 Å². The number of hydrogen-bond acceptors (Lipinski definition) is 6. The van der Waals surface area contributed by atoms with Crippen LogP contribution in [0.15, 0.2) is 54.6 Å². The Hall–Kier alpha value is -3.70. The van der Waals surface area contributed by atoms with E-state index in [1.165, 1.54) is 36.4 Å². The average molecular weight is 512 g/mol. The lowest BCUT2D eigenvalue weighted by Gasteiger charge is -2.23. The predicted octanol–water partition coefficient (Wildman–Crippen LogP) is 7.43. The molecular formula is C24H22F6N4O2. The van der Waals surface area contributed by atoms with Crippen molar-refractivity contribution in [1.82, 2.24) is 9.97 Å². The van der Waals surface area contributed by atoms with Crippen LogP contribution in [-0.2, 0) is 0 Å². The largest absolute Gasteiger partial charge is 0.573 e. The quantitative estimate of drug-likeness (QED) is 0.321. The lowest BCUT2D eigenvalue weighted by molar-refractivity contribution is -0.275. The fourth-order valence-electron chi connectivity index (χ4n) is 3.93. The molecule has 0 spiro atoms. The lowest BCUT2D eigenvalue weighted by Crippen LogP contribution is -2.23. The summed E-state index contributed by atoms with van der Waals surface area (Å²) in [7, 11) is 0. The zero-order chi connectivity index (χ0) is 25.8. The average Bonchev–Trinajstić information content (AvgIpc) is 2.79. The molecule has 0 atom stereocenters. The van der Waals surface area contributed by atoms with E-state index in [4.69, 9.17) is 0 Å². The van der Waals surface area contributed by atoms with Gasteiger partial charge in [0, 0.05) is 17.7 Å². The third kappa shape index (κ3) is 7.40. The Balaban J connectivity index is 1.69. The highest BCUT2D eigenvalue weighted by Crippen LogP contribution is 2.34. The van der Waals surface area contributed by atoms with Crippen LogP contribution in [0.5, 0.6) is 11.5 Å². The van der Waals surface area contributed by atoms with Gasteiger partial charge in [0.15, 0.2) is 5.75 Å². The predicted molar refractivity (Wildman–Crippen MR) is 121 cm³/mol. The molecule has 0 amide bonds. The van der Waals surface area contributed by atoms with Gasteiger partial charge in [-0.25, -0.2) is 4.98 Å². The van der Waals surface area contributed by atoms with Crippen molar-refractivity contribution in [3.63, 3.8) is 0 Å². The number of nitrogens with one attached hydrogen (secondary N) is 2. The molecule has 0 unspecified atom stereocenters. The zero-order valence-electron chi connectivity index (χ0n) is 18.8. The van der Waals surface area contributed by atoms with E-state index in [0.717, 1.165) is 44.2 Å². The van der Waals surface area contributed by atoms with Crippen molar-refractivity contribution < 1.29 is 35.8 Å². The summed E-state index contributed by atoms with van der Waals surface area (Å²) in [6.45, 7) is 0. The molecule has 0 radical (unpaired) electrons. The number of alkyl halides is 6. The Kier molecular flexibility index (Phi) is 7.41. The maximum Gasteiger partial charge on any atom is 0.573 e. The molecule has 1 fully saturated rings. The summed E-state index contributed by atoms with van der Waals surface area (Å²) in [4.78, 5) is 8.83. The normalized spacial score (nSPS) is 14.8. The van der Waals surface area contributed by atoms with Crippen molar-refractivity contribution in [1.29, 1.82) is 0 Å². The maximum atomic E-state index is 12.8. The number of aromatic nitrogens is 2. The van der Waals surface area contributed by atoms with Crippen molar-refractivity contribution in [2.75, 3.05) is 10.6 Å². The van der Waals surface area contributed by atoms with E-state index >= 15 is 0 Å². The number of halogens is 6. The molecule has 1 heterocycles. The Labute approximate surface area is 202 Å². The topological polar surface area (TPSA) is 68.3 Å². The fourth-order valence-corrected chi connectivity index (χ4v) is 3.93. The van der Waals surface area contributed by atoms with Gasteiger partial charge in [0.2, 0.25) is 5.95 Å². The highest BCUT2D eigenvalue weighted by atomic mass is 19.4. The molecule has 4 rings (SSSR count). The van der Waals surface area contributed by atoms with Crippen LogP contribution in [0, 0.1) is 0 Å². The van der Waals surface area contributed by atoms with Crippen molar-refractivity contribution in [2.45, 2.75) is 50.9 Å². The van der Waals surface area contributed by atoms with Crippen LogP contribution in [-0.4, -0.2) is 28.7 Å². The first-order chi connectivity index (χ1) is 17.0. The molecule has 0 aliphatic heterocycles. The SMILES string of the molecule is FC(F)(F)Oc1cccc(-c2cc(Nc3ccccc3OC(F)(F)F)nc(NC3CCCCC3)n2)c1. The number of benzene rings is 2. The first kappa shape index (κ1) is 25.4. The van der Waals surface area contributed by atoms with Crippen LogP contribution in [0.4, 0.5) is 43.8 Å². The van der Waals surface area contributed by atoms with Gasteiger partial charge in [-0.05, 0) is 37.1 Å². The highest BCUT2D eigenvalue weighted by Gasteiger charge is 2.32. The summed E-state index contributed by atoms with van der Waals surface area (Å²) < 4.78 is 84.7. The van der Waals surface area contributed by atoms with Crippen molar-refractivity contribution in [3.05, 3.63) is 54.6 Å². The third-order valence-corrected chi connectivity index (χ3v) is 5.40. The zero-order valence-corrected chi connectivity index (χ0v) is 18.8. The number of para-hydroxylation sites is 2. The summed E-state index contributed by atoms with van der Waals surface area (Å²) in [6, 6.07) is 12.2. The molecule has 36 heavy (non-hydrogen) atoms. The van der Waals surface area contributed by atoms with Gasteiger partial charge in [0.05, 0.1) is 11.4 Å². The molecule has 0 saturated heterocycles. The van der Waals surface area contributed by atoms with E-state index in [1.807, 2.05) is 0 Å². The molecule has 1 saturated carbocycles. The number of rotatable bonds is 7. The molecule has 1 aliphatic rings. The number of hydrogen-bond donors (Lipinski definition) is 2. The highest BCUT2D eigenvalue weighted by molar-refractivity contribution is 5.70. The van der Waals surface area contributed by atoms with Gasteiger partial charge in [0.1, 0.15) is 11.6 Å². The Morgan fingerprint density at radius 2 is 1.50 bits per heavy atom. The summed E-state index contributed by atoms with van der Waals surface area (Å²) in [5.74, 6) is -0.580. The maximum absolute atomic E-state index is 12.8. The lowest BCUT2D eigenvalue weighted by atomic mass is 9.96. The minimum absolute atomic E-state index is 0.00255. The molecule has 1 aromatic heterocycles. The molecule has 2 N–H and O–H groups in total. The van der Waals surface area contributed by atoms with Crippen LogP contribution in [0.3, 0.4) is 0 Å². The Bertz CT molecular complexity index is 1180. The summed E-state index contributed by atoms with van der Waals surface area (Å²) in [5, 5.41) is 6.05. The van der Waals surface area contributed by atoms with E-state index in [9.17, 15) is 26.3 Å². The Morgan fingerprint density at radius 3 is 2.22 bits per heavy atom. The second kappa shape index (κ2) is 10.5. The molecule has 6 nitrogen and oxygen atoms in total. The van der Waals surface area contributed by atoms with Gasteiger partial charge in [-0.15, -0.1) is 26.3 Å². The van der Waals surface area contributed by atoms with E-state index in [2.05, 4.69) is 30.1 Å². The first-order valence-corrected chi connectivity index (χ1v) is 11.2. The second-order valence-electron chi connectivity index (χ2n) is 8.19. The van der Waals surface area contributed by atoms with Crippen LogP contribution in [0.1, 0.15) is 32.1 Å². The molecule has 192 valence electrons. The summed E-state index contributed by atoms with van der Waals surface area (Å²) in [6.07, 6.45) is -4.80. The van der Waals surface area contributed by atoms with Crippen molar-refractivity contribution >= 4 is 17.5 Å². The molecule has 2 aromatic carbocycles. The molecule has 1 aliphatic carbocycles. The monoisotopic (exact) mass is 512 g/mol. The van der Waals surface area contributed by atoms with Crippen LogP contribution < -0.4 is 20.1 Å². The Morgan fingerprint density at radius 1 is 0.778 bits per heavy atom. The van der Waals surface area contributed by atoms with E-state index in [1.54, 1.807) is 6.07 Å². The number of anilines is 3. The van der Waals surface area contributed by atoms with Crippen molar-refractivity contribution in [2.24, 2.45) is 0 Å². The van der Waals surface area contributed by atoms with E-state index in [0.29, 0.717) is 5.56 Å². The standard InChI is InChI=1S/C24H22F6N4O2/c25-23(26,27)35-17-10-6-7-15(13-17)19-14-21(34-22(33-19)31-16-8-2-1-3-9-16)32-18-11-4-5-12-20(18)36-24(28,29)30/h4-7,10-14,16H,1-3,8-9H2,(H2,31,32,33,34). The molecule has 3 aromatic rings. The minimum Gasteiger partial charge on any atom is -0.406 e. The molecule has 12 heteroatoms. The summed E-state index contributed by atoms with van der Waals surface area (Å²) in [5.41, 5.74) is 0.540. The van der Waals surface area contributed by atoms with Crippen LogP contribution in [0.2, 0.25) is 0 Å². The first-order valence-electron chi connectivity index (χ1n) is 11.2. The van der Waals surface area contributed by atoms with Gasteiger partial charge < -0.3 is 20.1 Å².